The summed E-state index contributed by atoms with van der Waals surface area (Å²) < 4.78 is 33.0. The van der Waals surface area contributed by atoms with Gasteiger partial charge >= 0.3 is 10.1 Å². The van der Waals surface area contributed by atoms with Crippen LogP contribution in [0.25, 0.3) is 0 Å². The predicted molar refractivity (Wildman–Crippen MR) is 106 cm³/mol. The van der Waals surface area contributed by atoms with E-state index in [1.807, 2.05) is 0 Å². The van der Waals surface area contributed by atoms with Crippen molar-refractivity contribution in [3.8, 4) is 5.75 Å². The second-order valence-electron chi connectivity index (χ2n) is 6.19. The smallest absolute Gasteiger partial charge is 0.306 e. The lowest BCUT2D eigenvalue weighted by Gasteiger charge is -2.22. The van der Waals surface area contributed by atoms with Crippen LogP contribution < -0.4 is 4.18 Å². The van der Waals surface area contributed by atoms with E-state index >= 15 is 0 Å². The third-order valence-electron chi connectivity index (χ3n) is 3.81. The maximum absolute atomic E-state index is 13.0. The molecule has 0 bridgehead atoms. The van der Waals surface area contributed by atoms with Crippen molar-refractivity contribution in [1.82, 2.24) is 4.90 Å². The number of carbonyl (C=O) groups is 1. The zero-order valence-corrected chi connectivity index (χ0v) is 16.6. The minimum Gasteiger partial charge on any atom is -0.467 e. The van der Waals surface area contributed by atoms with Crippen molar-refractivity contribution in [2.75, 3.05) is 6.26 Å². The largest absolute Gasteiger partial charge is 0.467 e. The lowest BCUT2D eigenvalue weighted by molar-refractivity contribution is 0.0717. The third-order valence-corrected chi connectivity index (χ3v) is 4.54. The van der Waals surface area contributed by atoms with Gasteiger partial charge in [0.15, 0.2) is 0 Å². The summed E-state index contributed by atoms with van der Waals surface area (Å²) in [5.74, 6) is 0.584. The summed E-state index contributed by atoms with van der Waals surface area (Å²) in [6.07, 6.45) is 2.52. The summed E-state index contributed by atoms with van der Waals surface area (Å²) in [5, 5.41) is 0.465. The second kappa shape index (κ2) is 8.50. The summed E-state index contributed by atoms with van der Waals surface area (Å²) in [7, 11) is -3.64. The Bertz CT molecular complexity index is 1060. The number of halogens is 1. The van der Waals surface area contributed by atoms with Gasteiger partial charge in [-0.25, -0.2) is 0 Å². The number of amides is 1. The molecule has 1 aromatic heterocycles. The van der Waals surface area contributed by atoms with E-state index in [1.54, 1.807) is 65.6 Å². The number of nitrogens with zero attached hydrogens (tertiary/aromatic N) is 1. The van der Waals surface area contributed by atoms with Gasteiger partial charge < -0.3 is 13.5 Å². The first-order valence-corrected chi connectivity index (χ1v) is 10.6. The summed E-state index contributed by atoms with van der Waals surface area (Å²) in [5.41, 5.74) is 1.16. The molecular formula is C20H18ClNO5S. The van der Waals surface area contributed by atoms with Gasteiger partial charge in [-0.15, -0.1) is 0 Å². The molecule has 1 amide bonds. The molecule has 0 saturated carbocycles. The average Bonchev–Trinajstić information content (AvgIpc) is 3.12. The van der Waals surface area contributed by atoms with Gasteiger partial charge in [0.05, 0.1) is 19.1 Å². The highest BCUT2D eigenvalue weighted by molar-refractivity contribution is 7.86. The average molecular weight is 420 g/mol. The van der Waals surface area contributed by atoms with Crippen molar-refractivity contribution in [2.45, 2.75) is 13.1 Å². The first-order chi connectivity index (χ1) is 13.3. The standard InChI is InChI=1S/C20H18ClNO5S/c1-28(24,25)27-18-8-2-5-15(11-18)13-22(14-19-9-4-10-26-19)20(23)16-6-3-7-17(21)12-16/h2-12H,13-14H2,1H3. The molecule has 2 aromatic carbocycles. The molecule has 0 fully saturated rings. The molecule has 0 N–H and O–H groups in total. The van der Waals surface area contributed by atoms with Crippen LogP contribution in [0.3, 0.4) is 0 Å². The van der Waals surface area contributed by atoms with E-state index in [9.17, 15) is 13.2 Å². The van der Waals surface area contributed by atoms with Crippen molar-refractivity contribution in [2.24, 2.45) is 0 Å². The molecule has 3 rings (SSSR count). The molecule has 0 aliphatic heterocycles. The minimum absolute atomic E-state index is 0.188. The van der Waals surface area contributed by atoms with Crippen molar-refractivity contribution in [1.29, 1.82) is 0 Å². The number of rotatable bonds is 7. The van der Waals surface area contributed by atoms with E-state index in [2.05, 4.69) is 0 Å². The zero-order chi connectivity index (χ0) is 20.1. The minimum atomic E-state index is -3.64. The van der Waals surface area contributed by atoms with Gasteiger partial charge in [-0.3, -0.25) is 4.79 Å². The van der Waals surface area contributed by atoms with Crippen molar-refractivity contribution in [3.63, 3.8) is 0 Å². The molecule has 0 saturated heterocycles. The van der Waals surface area contributed by atoms with E-state index in [0.29, 0.717) is 21.9 Å². The highest BCUT2D eigenvalue weighted by Gasteiger charge is 2.19. The maximum Gasteiger partial charge on any atom is 0.306 e. The van der Waals surface area contributed by atoms with Gasteiger partial charge in [0.1, 0.15) is 11.5 Å². The van der Waals surface area contributed by atoms with E-state index in [1.165, 1.54) is 6.26 Å². The fourth-order valence-electron chi connectivity index (χ4n) is 2.69. The van der Waals surface area contributed by atoms with E-state index in [4.69, 9.17) is 20.2 Å². The van der Waals surface area contributed by atoms with E-state index < -0.39 is 10.1 Å². The van der Waals surface area contributed by atoms with Crippen molar-refractivity contribution < 1.29 is 21.8 Å². The Morgan fingerprint density at radius 2 is 1.86 bits per heavy atom. The summed E-state index contributed by atoms with van der Waals surface area (Å²) in [4.78, 5) is 14.6. The van der Waals surface area contributed by atoms with Gasteiger partial charge in [0.2, 0.25) is 0 Å². The lowest BCUT2D eigenvalue weighted by atomic mass is 10.1. The molecule has 0 atom stereocenters. The van der Waals surface area contributed by atoms with Crippen molar-refractivity contribution in [3.05, 3.63) is 88.8 Å². The monoisotopic (exact) mass is 419 g/mol. The molecule has 0 spiro atoms. The number of hydrogen-bond donors (Lipinski definition) is 0. The first kappa shape index (κ1) is 20.0. The van der Waals surface area contributed by atoms with Crippen LogP contribution in [0.4, 0.5) is 0 Å². The van der Waals surface area contributed by atoms with Crippen LogP contribution in [-0.4, -0.2) is 25.5 Å². The number of hydrogen-bond acceptors (Lipinski definition) is 5. The molecule has 146 valence electrons. The molecule has 28 heavy (non-hydrogen) atoms. The van der Waals surface area contributed by atoms with Crippen LogP contribution in [0.5, 0.6) is 5.75 Å². The van der Waals surface area contributed by atoms with Crippen molar-refractivity contribution >= 4 is 27.6 Å². The fourth-order valence-corrected chi connectivity index (χ4v) is 3.33. The van der Waals surface area contributed by atoms with Crippen LogP contribution in [-0.2, 0) is 23.2 Å². The first-order valence-electron chi connectivity index (χ1n) is 8.36. The van der Waals surface area contributed by atoms with Gasteiger partial charge in [0.25, 0.3) is 5.91 Å². The summed E-state index contributed by atoms with van der Waals surface area (Å²) in [6.45, 7) is 0.475. The molecular weight excluding hydrogens is 402 g/mol. The molecule has 6 nitrogen and oxygen atoms in total. The molecule has 0 radical (unpaired) electrons. The number of carbonyl (C=O) groups excluding carboxylic acids is 1. The maximum atomic E-state index is 13.0. The Morgan fingerprint density at radius 1 is 1.07 bits per heavy atom. The number of furan rings is 1. The molecule has 3 aromatic rings. The molecule has 0 aliphatic carbocycles. The molecule has 0 unspecified atom stereocenters. The third kappa shape index (κ3) is 5.61. The highest BCUT2D eigenvalue weighted by atomic mass is 35.5. The van der Waals surface area contributed by atoms with Crippen LogP contribution >= 0.6 is 11.6 Å². The zero-order valence-electron chi connectivity index (χ0n) is 15.0. The van der Waals surface area contributed by atoms with Gasteiger partial charge in [-0.05, 0) is 48.0 Å². The van der Waals surface area contributed by atoms with Crippen LogP contribution in [0.15, 0.2) is 71.3 Å². The van der Waals surface area contributed by atoms with Gasteiger partial charge in [-0.2, -0.15) is 8.42 Å². The number of benzene rings is 2. The van der Waals surface area contributed by atoms with Crippen LogP contribution in [0.2, 0.25) is 5.02 Å². The highest BCUT2D eigenvalue weighted by Crippen LogP contribution is 2.20. The van der Waals surface area contributed by atoms with Crippen LogP contribution in [0.1, 0.15) is 21.7 Å². The quantitative estimate of drug-likeness (QED) is 0.538. The van der Waals surface area contributed by atoms with Crippen LogP contribution in [0, 0.1) is 0 Å². The Hall–Kier alpha value is -2.77. The second-order valence-corrected chi connectivity index (χ2v) is 8.20. The Kier molecular flexibility index (Phi) is 6.06. The SMILES string of the molecule is CS(=O)(=O)Oc1cccc(CN(Cc2ccco2)C(=O)c2cccc(Cl)c2)c1. The Balaban J connectivity index is 1.87. The molecule has 8 heteroatoms. The van der Waals surface area contributed by atoms with Gasteiger partial charge in [0, 0.05) is 17.1 Å². The lowest BCUT2D eigenvalue weighted by Crippen LogP contribution is -2.30. The molecule has 1 heterocycles. The topological polar surface area (TPSA) is 76.8 Å². The normalized spacial score (nSPS) is 11.2. The summed E-state index contributed by atoms with van der Waals surface area (Å²) in [6, 6.07) is 16.8. The van der Waals surface area contributed by atoms with Gasteiger partial charge in [-0.1, -0.05) is 29.8 Å². The Labute approximate surface area is 168 Å². The van der Waals surface area contributed by atoms with E-state index in [-0.39, 0.29) is 24.7 Å². The van der Waals surface area contributed by atoms with E-state index in [0.717, 1.165) is 6.26 Å². The molecule has 0 aliphatic rings. The summed E-state index contributed by atoms with van der Waals surface area (Å²) >= 11 is 6.02. The predicted octanol–water partition coefficient (Wildman–Crippen LogP) is 4.11. The Morgan fingerprint density at radius 3 is 2.54 bits per heavy atom. The fraction of sp³-hybridized carbons (Fsp3) is 0.150.